The summed E-state index contributed by atoms with van der Waals surface area (Å²) in [5, 5.41) is 8.99. The molecule has 0 aromatic carbocycles. The van der Waals surface area contributed by atoms with E-state index in [2.05, 4.69) is 0 Å². The number of hydrogen-bond donors (Lipinski definition) is 1. The van der Waals surface area contributed by atoms with E-state index in [1.807, 2.05) is 0 Å². The molecule has 3 nitrogen and oxygen atoms in total. The quantitative estimate of drug-likeness (QED) is 0.703. The van der Waals surface area contributed by atoms with Crippen LogP contribution in [0, 0.1) is 0 Å². The molecule has 0 radical (unpaired) electrons. The lowest BCUT2D eigenvalue weighted by Gasteiger charge is -1.97. The Labute approximate surface area is 68.2 Å². The summed E-state index contributed by atoms with van der Waals surface area (Å²) in [5.74, 6) is -0.126. The predicted octanol–water partition coefficient (Wildman–Crippen LogP) is 1.56. The lowest BCUT2D eigenvalue weighted by atomic mass is 10.3. The summed E-state index contributed by atoms with van der Waals surface area (Å²) in [6, 6.07) is 0. The minimum atomic E-state index is -0.574. The fourth-order valence-corrected chi connectivity index (χ4v) is 0.857. The van der Waals surface area contributed by atoms with E-state index in [0.29, 0.717) is 6.42 Å². The first-order valence-electron chi connectivity index (χ1n) is 3.16. The minimum absolute atomic E-state index is 0.0975. The molecular weight excluding hydrogens is 168 g/mol. The van der Waals surface area contributed by atoms with E-state index in [1.54, 1.807) is 6.92 Å². The number of aryl methyl sites for hydroxylation is 1. The molecule has 1 rings (SSSR count). The van der Waals surface area contributed by atoms with Crippen LogP contribution in [0.3, 0.4) is 0 Å². The monoisotopic (exact) mass is 174 g/mol. The molecule has 0 atom stereocenters. The first kappa shape index (κ1) is 8.14. The Morgan fingerprint density at radius 3 is 2.91 bits per heavy atom. The summed E-state index contributed by atoms with van der Waals surface area (Å²) in [7, 11) is 0. The third-order valence-corrected chi connectivity index (χ3v) is 1.58. The molecule has 0 spiro atoms. The van der Waals surface area contributed by atoms with Gasteiger partial charge in [0.05, 0.1) is 0 Å². The molecule has 11 heavy (non-hydrogen) atoms. The summed E-state index contributed by atoms with van der Waals surface area (Å²) in [4.78, 5) is 10.9. The van der Waals surface area contributed by atoms with E-state index < -0.39 is 5.43 Å². The molecule has 0 aliphatic rings. The molecule has 1 N–H and O–H groups in total. The highest BCUT2D eigenvalue weighted by Gasteiger charge is 2.08. The van der Waals surface area contributed by atoms with E-state index in [9.17, 15) is 4.79 Å². The fourth-order valence-electron chi connectivity index (χ4n) is 0.723. The van der Waals surface area contributed by atoms with Crippen LogP contribution >= 0.6 is 11.6 Å². The van der Waals surface area contributed by atoms with Crippen LogP contribution < -0.4 is 5.43 Å². The topological polar surface area (TPSA) is 50.4 Å². The van der Waals surface area contributed by atoms with E-state index in [1.165, 1.54) is 0 Å². The van der Waals surface area contributed by atoms with E-state index in [-0.39, 0.29) is 16.5 Å². The van der Waals surface area contributed by atoms with Crippen molar-refractivity contribution in [1.82, 2.24) is 0 Å². The van der Waals surface area contributed by atoms with Crippen molar-refractivity contribution in [3.8, 4) is 5.75 Å². The van der Waals surface area contributed by atoms with Crippen molar-refractivity contribution >= 4 is 11.6 Å². The smallest absolute Gasteiger partial charge is 0.245 e. The van der Waals surface area contributed by atoms with Gasteiger partial charge in [0.15, 0.2) is 0 Å². The second-order valence-corrected chi connectivity index (χ2v) is 2.45. The number of rotatable bonds is 1. The number of aromatic hydroxyl groups is 1. The molecule has 0 saturated carbocycles. The van der Waals surface area contributed by atoms with Gasteiger partial charge in [0.1, 0.15) is 17.0 Å². The first-order chi connectivity index (χ1) is 5.16. The normalized spacial score (nSPS) is 10.0. The van der Waals surface area contributed by atoms with Crippen LogP contribution in [-0.2, 0) is 6.42 Å². The molecule has 1 aromatic heterocycles. The summed E-state index contributed by atoms with van der Waals surface area (Å²) in [6.07, 6.45) is 1.60. The highest BCUT2D eigenvalue weighted by atomic mass is 35.5. The maximum Gasteiger partial charge on any atom is 0.245 e. The molecule has 60 valence electrons. The van der Waals surface area contributed by atoms with Crippen LogP contribution in [0.4, 0.5) is 0 Å². The second-order valence-electron chi connectivity index (χ2n) is 2.04. The van der Waals surface area contributed by atoms with Crippen molar-refractivity contribution in [2.45, 2.75) is 13.3 Å². The van der Waals surface area contributed by atoms with Crippen LogP contribution in [0.2, 0.25) is 5.02 Å². The molecule has 1 heterocycles. The molecule has 0 aliphatic heterocycles. The molecule has 4 heteroatoms. The average molecular weight is 175 g/mol. The standard InChI is InChI=1S/C7H7ClO3/c1-2-5-7(10)6(9)4(8)3-11-5/h3,10H,2H2,1H3. The molecule has 1 aromatic rings. The Morgan fingerprint density at radius 2 is 2.36 bits per heavy atom. The van der Waals surface area contributed by atoms with Gasteiger partial charge < -0.3 is 9.52 Å². The van der Waals surface area contributed by atoms with Crippen LogP contribution in [-0.4, -0.2) is 5.11 Å². The predicted molar refractivity (Wildman–Crippen MR) is 41.0 cm³/mol. The summed E-state index contributed by atoms with van der Waals surface area (Å²) in [6.45, 7) is 1.77. The van der Waals surface area contributed by atoms with Gasteiger partial charge in [-0.1, -0.05) is 18.5 Å². The van der Waals surface area contributed by atoms with Gasteiger partial charge in [-0.25, -0.2) is 0 Å². The van der Waals surface area contributed by atoms with Crippen LogP contribution in [0.25, 0.3) is 0 Å². The Morgan fingerprint density at radius 1 is 1.73 bits per heavy atom. The lowest BCUT2D eigenvalue weighted by molar-refractivity contribution is 0.402. The zero-order chi connectivity index (χ0) is 8.43. The van der Waals surface area contributed by atoms with Crippen molar-refractivity contribution in [2.24, 2.45) is 0 Å². The van der Waals surface area contributed by atoms with E-state index >= 15 is 0 Å². The van der Waals surface area contributed by atoms with Crippen molar-refractivity contribution in [3.05, 3.63) is 27.3 Å². The third-order valence-electron chi connectivity index (χ3n) is 1.32. The van der Waals surface area contributed by atoms with Gasteiger partial charge in [-0.2, -0.15) is 0 Å². The van der Waals surface area contributed by atoms with Gasteiger partial charge in [-0.15, -0.1) is 0 Å². The summed E-state index contributed by atoms with van der Waals surface area (Å²) < 4.78 is 4.84. The molecule has 0 bridgehead atoms. The fraction of sp³-hybridized carbons (Fsp3) is 0.286. The van der Waals surface area contributed by atoms with Gasteiger partial charge in [0.25, 0.3) is 0 Å². The van der Waals surface area contributed by atoms with Gasteiger partial charge in [0.2, 0.25) is 11.2 Å². The van der Waals surface area contributed by atoms with Gasteiger partial charge in [0, 0.05) is 6.42 Å². The Kier molecular flexibility index (Phi) is 2.19. The lowest BCUT2D eigenvalue weighted by Crippen LogP contribution is -2.02. The molecule has 0 amide bonds. The van der Waals surface area contributed by atoms with Gasteiger partial charge in [-0.05, 0) is 0 Å². The Balaban J connectivity index is 3.37. The largest absolute Gasteiger partial charge is 0.502 e. The second kappa shape index (κ2) is 2.96. The van der Waals surface area contributed by atoms with Crippen molar-refractivity contribution < 1.29 is 9.52 Å². The average Bonchev–Trinajstić information content (AvgIpc) is 2.01. The first-order valence-corrected chi connectivity index (χ1v) is 3.53. The minimum Gasteiger partial charge on any atom is -0.502 e. The molecule has 0 unspecified atom stereocenters. The zero-order valence-electron chi connectivity index (χ0n) is 5.93. The number of halogens is 1. The SMILES string of the molecule is CCc1occ(Cl)c(=O)c1O. The molecular formula is C7H7ClO3. The summed E-state index contributed by atoms with van der Waals surface area (Å²) >= 11 is 5.38. The van der Waals surface area contributed by atoms with E-state index in [4.69, 9.17) is 21.1 Å². The Hall–Kier alpha value is -0.960. The third kappa shape index (κ3) is 1.38. The highest BCUT2D eigenvalue weighted by Crippen LogP contribution is 2.15. The van der Waals surface area contributed by atoms with Gasteiger partial charge in [-0.3, -0.25) is 4.79 Å². The van der Waals surface area contributed by atoms with Crippen molar-refractivity contribution in [2.75, 3.05) is 0 Å². The molecule has 0 aliphatic carbocycles. The van der Waals surface area contributed by atoms with Crippen LogP contribution in [0.15, 0.2) is 15.5 Å². The van der Waals surface area contributed by atoms with E-state index in [0.717, 1.165) is 6.26 Å². The van der Waals surface area contributed by atoms with Crippen molar-refractivity contribution in [1.29, 1.82) is 0 Å². The summed E-state index contributed by atoms with van der Waals surface area (Å²) in [5.41, 5.74) is -0.574. The van der Waals surface area contributed by atoms with Crippen LogP contribution in [0.1, 0.15) is 12.7 Å². The highest BCUT2D eigenvalue weighted by molar-refractivity contribution is 6.30. The Bertz CT molecular complexity index is 316. The maximum absolute atomic E-state index is 10.9. The molecule has 0 fully saturated rings. The molecule has 0 saturated heterocycles. The van der Waals surface area contributed by atoms with Gasteiger partial charge >= 0.3 is 0 Å². The zero-order valence-corrected chi connectivity index (χ0v) is 6.68. The van der Waals surface area contributed by atoms with Crippen molar-refractivity contribution in [3.63, 3.8) is 0 Å². The van der Waals surface area contributed by atoms with Crippen LogP contribution in [0.5, 0.6) is 5.75 Å². The maximum atomic E-state index is 10.9. The number of hydrogen-bond acceptors (Lipinski definition) is 3.